The molecule has 0 spiro atoms. The number of quaternary nitrogens is 2. The second-order valence-electron chi connectivity index (χ2n) is 28.7. The number of piperidine rings is 4. The molecule has 4 bridgehead atoms. The quantitative estimate of drug-likeness (QED) is 0.0277. The fourth-order valence-corrected chi connectivity index (χ4v) is 14.0. The lowest BCUT2D eigenvalue weighted by Gasteiger charge is -2.39. The van der Waals surface area contributed by atoms with E-state index in [1.54, 1.807) is 9.80 Å². The Kier molecular flexibility index (Phi) is 32.5. The van der Waals surface area contributed by atoms with Crippen molar-refractivity contribution in [3.8, 4) is 0 Å². The van der Waals surface area contributed by atoms with Crippen molar-refractivity contribution in [1.82, 2.24) is 40.0 Å². The lowest BCUT2D eigenvalue weighted by Crippen LogP contribution is -2.54. The molecule has 0 saturated carbocycles. The van der Waals surface area contributed by atoms with Gasteiger partial charge in [0.2, 0.25) is 11.8 Å². The Morgan fingerprint density at radius 3 is 0.989 bits per heavy atom. The molecule has 6 fully saturated rings. The van der Waals surface area contributed by atoms with Gasteiger partial charge in [-0.05, 0) is 157 Å². The minimum absolute atomic E-state index is 0.0224. The van der Waals surface area contributed by atoms with E-state index in [0.29, 0.717) is 65.0 Å². The molecule has 6 saturated heterocycles. The summed E-state index contributed by atoms with van der Waals surface area (Å²) in [6, 6.07) is -0.171. The Hall–Kier alpha value is -4.19. The highest BCUT2D eigenvalue weighted by atomic mass is 32.3. The fraction of sp³-hybridized carbons (Fsp3) is 0.909. The highest BCUT2D eigenvalue weighted by molar-refractivity contribution is 7.79. The van der Waals surface area contributed by atoms with E-state index in [9.17, 15) is 28.8 Å². The van der Waals surface area contributed by atoms with Crippen LogP contribution in [0.15, 0.2) is 0 Å². The van der Waals surface area contributed by atoms with Crippen LogP contribution in [-0.2, 0) is 29.5 Å². The first kappa shape index (κ1) is 77.3. The summed E-state index contributed by atoms with van der Waals surface area (Å²) in [5, 5.41) is 6.40. The van der Waals surface area contributed by atoms with Gasteiger partial charge < -0.3 is 67.6 Å². The molecule has 8 amide bonds. The number of ether oxygens (including phenoxy) is 2. The summed E-state index contributed by atoms with van der Waals surface area (Å²) in [5.41, 5.74) is -1.03. The molecular weight excluding hydrogens is 1160 g/mol. The van der Waals surface area contributed by atoms with Crippen LogP contribution in [0.25, 0.3) is 0 Å². The molecule has 0 aromatic carbocycles. The van der Waals surface area contributed by atoms with Gasteiger partial charge in [0.1, 0.15) is 23.3 Å². The highest BCUT2D eigenvalue weighted by Crippen LogP contribution is 2.33. The van der Waals surface area contributed by atoms with Gasteiger partial charge in [0.15, 0.2) is 0 Å². The number of hydrogen-bond acceptors (Lipinski definition) is 12. The number of rotatable bonds is 32. The molecule has 6 aliphatic heterocycles. The van der Waals surface area contributed by atoms with Crippen LogP contribution >= 0.6 is 0 Å². The van der Waals surface area contributed by atoms with Crippen molar-refractivity contribution in [3.63, 3.8) is 0 Å². The molecule has 6 rings (SSSR count). The van der Waals surface area contributed by atoms with E-state index in [0.717, 1.165) is 64.5 Å². The van der Waals surface area contributed by atoms with Crippen LogP contribution in [0.5, 0.6) is 0 Å². The van der Waals surface area contributed by atoms with Crippen LogP contribution in [0.3, 0.4) is 0 Å². The largest absolute Gasteiger partial charge is 0.759 e. The minimum atomic E-state index is -5.17. The van der Waals surface area contributed by atoms with Crippen LogP contribution in [-0.4, -0.2) is 244 Å². The number of urea groups is 2. The smallest absolute Gasteiger partial charge is 0.410 e. The van der Waals surface area contributed by atoms with Gasteiger partial charge in [-0.15, -0.1) is 0 Å². The predicted molar refractivity (Wildman–Crippen MR) is 347 cm³/mol. The van der Waals surface area contributed by atoms with Gasteiger partial charge >= 0.3 is 24.2 Å². The van der Waals surface area contributed by atoms with Crippen molar-refractivity contribution in [3.05, 3.63) is 0 Å². The average Bonchev–Trinajstić information content (AvgIpc) is 1.97. The Bertz CT molecular complexity index is 2080. The molecule has 0 aromatic rings. The van der Waals surface area contributed by atoms with Crippen LogP contribution < -0.4 is 10.6 Å². The zero-order valence-corrected chi connectivity index (χ0v) is 58.4. The van der Waals surface area contributed by atoms with E-state index in [4.69, 9.17) is 27.0 Å². The first-order valence-electron chi connectivity index (χ1n) is 35.1. The zero-order chi connectivity index (χ0) is 66.0. The van der Waals surface area contributed by atoms with Gasteiger partial charge in [0.25, 0.3) is 0 Å². The number of nitrogens with zero attached hydrogens (tertiary/aromatic N) is 8. The van der Waals surface area contributed by atoms with E-state index in [2.05, 4.69) is 62.0 Å². The van der Waals surface area contributed by atoms with E-state index in [1.807, 2.05) is 51.3 Å². The molecule has 6 aliphatic rings. The van der Waals surface area contributed by atoms with Crippen molar-refractivity contribution >= 4 is 46.5 Å². The van der Waals surface area contributed by atoms with E-state index < -0.39 is 21.6 Å². The lowest BCUT2D eigenvalue weighted by molar-refractivity contribution is -0.929. The molecule has 0 aliphatic carbocycles. The molecule has 0 unspecified atom stereocenters. The molecule has 4 atom stereocenters. The van der Waals surface area contributed by atoms with E-state index >= 15 is 0 Å². The summed E-state index contributed by atoms with van der Waals surface area (Å²) in [6.07, 6.45) is 25.1. The summed E-state index contributed by atoms with van der Waals surface area (Å²) in [5.74, 6) is -0.0755. The molecule has 6 heterocycles. The predicted octanol–water partition coefficient (Wildman–Crippen LogP) is 10.2. The number of nitrogens with one attached hydrogen (secondary N) is 2. The van der Waals surface area contributed by atoms with Gasteiger partial charge in [0.05, 0.1) is 64.4 Å². The summed E-state index contributed by atoms with van der Waals surface area (Å²) >= 11 is 0. The molecule has 22 nitrogen and oxygen atoms in total. The molecule has 23 heteroatoms. The first-order valence-corrected chi connectivity index (χ1v) is 36.5. The third kappa shape index (κ3) is 26.4. The Balaban J connectivity index is 0.000000353. The summed E-state index contributed by atoms with van der Waals surface area (Å²) in [6.45, 7) is 40.3. The van der Waals surface area contributed by atoms with E-state index in [-0.39, 0.29) is 72.3 Å². The standard InChI is InChI=1S/2C33H61N5O4.H2O4S/c2*1-7-10-22-38(23-11-8-2,24-12-9-3)25-14-13-19-36-28-15-16-29(37(26-28)31(36)40)30(39)34-27-17-20-35(21-18-27)32(41)42-33(4,5)6;1-5(2,3)4/h2*27-29H,7-26H2,1-6H3;(H2,1,2,3,4)/t2*28-,29+;/m11./s1. The number of carbonyl (C=O) groups is 6. The fourth-order valence-electron chi connectivity index (χ4n) is 14.0. The monoisotopic (exact) mass is 1280 g/mol. The molecule has 516 valence electrons. The van der Waals surface area contributed by atoms with Crippen LogP contribution in [0.4, 0.5) is 19.2 Å². The minimum Gasteiger partial charge on any atom is -0.759 e. The number of fused-ring (bicyclic) bond motifs is 4. The van der Waals surface area contributed by atoms with Crippen molar-refractivity contribution in [1.29, 1.82) is 0 Å². The SMILES string of the molecule is CCCC[N+](CCCC)(CCCC)CCCCN1C(=O)N2C[C@H]1CC[C@H]2C(=O)NC1CCN(C(=O)OC(C)(C)C)CC1.CCCC[N+](CCCC)(CCCC)CCCCN1C(=O)N2C[C@H]1CC[C@H]2C(=O)NC1CCN(C(=O)OC(C)(C)C)CC1.O=S(=O)([O-])[O-]. The lowest BCUT2D eigenvalue weighted by atomic mass is 9.98. The topological polar surface area (TPSA) is 245 Å². The third-order valence-electron chi connectivity index (χ3n) is 19.0. The maximum atomic E-state index is 13.5. The van der Waals surface area contributed by atoms with Gasteiger partial charge in [-0.25, -0.2) is 19.2 Å². The zero-order valence-electron chi connectivity index (χ0n) is 57.6. The van der Waals surface area contributed by atoms with Crippen LogP contribution in [0.1, 0.15) is 237 Å². The second kappa shape index (κ2) is 37.5. The molecule has 89 heavy (non-hydrogen) atoms. The van der Waals surface area contributed by atoms with Crippen molar-refractivity contribution in [2.75, 3.05) is 105 Å². The number of carbonyl (C=O) groups excluding carboxylic acids is 6. The van der Waals surface area contributed by atoms with Gasteiger partial charge in [0, 0.05) is 74.8 Å². The Morgan fingerprint density at radius 2 is 0.730 bits per heavy atom. The van der Waals surface area contributed by atoms with Crippen LogP contribution in [0.2, 0.25) is 0 Å². The number of unbranched alkanes of at least 4 members (excludes halogenated alkanes) is 8. The van der Waals surface area contributed by atoms with E-state index in [1.165, 1.54) is 138 Å². The van der Waals surface area contributed by atoms with Gasteiger partial charge in [-0.2, -0.15) is 0 Å². The maximum absolute atomic E-state index is 13.5. The van der Waals surface area contributed by atoms with Crippen molar-refractivity contribution < 1.29 is 64.7 Å². The van der Waals surface area contributed by atoms with Crippen LogP contribution in [0, 0.1) is 0 Å². The Morgan fingerprint density at radius 1 is 0.461 bits per heavy atom. The number of amides is 8. The number of hydrogen-bond donors (Lipinski definition) is 2. The number of likely N-dealkylation sites (tertiary alicyclic amines) is 2. The van der Waals surface area contributed by atoms with Crippen molar-refractivity contribution in [2.24, 2.45) is 0 Å². The van der Waals surface area contributed by atoms with Gasteiger partial charge in [-0.1, -0.05) is 80.1 Å². The average molecular weight is 1280 g/mol. The van der Waals surface area contributed by atoms with Crippen molar-refractivity contribution in [2.45, 2.75) is 285 Å². The third-order valence-corrected chi connectivity index (χ3v) is 19.0. The molecular formula is C66H124N10O12S. The highest BCUT2D eigenvalue weighted by Gasteiger charge is 2.49. The Labute approximate surface area is 538 Å². The molecule has 0 radical (unpaired) electrons. The molecule has 2 N–H and O–H groups in total. The summed E-state index contributed by atoms with van der Waals surface area (Å²) < 4.78 is 47.6. The maximum Gasteiger partial charge on any atom is 0.410 e. The summed E-state index contributed by atoms with van der Waals surface area (Å²) in [7, 11) is -5.17. The first-order chi connectivity index (χ1) is 42.0. The second-order valence-corrected chi connectivity index (χ2v) is 29.5. The normalized spacial score (nSPS) is 21.1. The summed E-state index contributed by atoms with van der Waals surface area (Å²) in [4.78, 5) is 89.5. The van der Waals surface area contributed by atoms with Gasteiger partial charge in [-0.3, -0.25) is 18.0 Å². The molecule has 0 aromatic heterocycles.